The molecule has 0 aromatic heterocycles. The van der Waals surface area contributed by atoms with E-state index in [1.54, 1.807) is 4.90 Å². The van der Waals surface area contributed by atoms with Gasteiger partial charge in [0, 0.05) is 18.7 Å². The second-order valence-corrected chi connectivity index (χ2v) is 2.64. The smallest absolute Gasteiger partial charge is 0.227 e. The zero-order chi connectivity index (χ0) is 8.27. The molecule has 1 aliphatic rings. The van der Waals surface area contributed by atoms with E-state index in [1.165, 1.54) is 0 Å². The summed E-state index contributed by atoms with van der Waals surface area (Å²) in [5, 5.41) is 0. The lowest BCUT2D eigenvalue weighted by atomic mass is 10.4. The summed E-state index contributed by atoms with van der Waals surface area (Å²) >= 11 is 0. The number of hydrogen-bond donors (Lipinski definition) is 0. The molecule has 1 rings (SSSR count). The molecule has 1 fully saturated rings. The fraction of sp³-hybridized carbons (Fsp3) is 0.444. The van der Waals surface area contributed by atoms with E-state index in [-0.39, 0.29) is 5.91 Å². The Balaban J connectivity index is 2.59. The number of hydrogen-bond acceptors (Lipinski definition) is 1. The molecule has 2 nitrogen and oxygen atoms in total. The average Bonchev–Trinajstić information content (AvgIpc) is 2.36. The second-order valence-electron chi connectivity index (χ2n) is 2.64. The molecule has 0 bridgehead atoms. The topological polar surface area (TPSA) is 20.3 Å². The summed E-state index contributed by atoms with van der Waals surface area (Å²) in [7, 11) is 0. The summed E-state index contributed by atoms with van der Waals surface area (Å²) < 4.78 is 0. The first-order valence-corrected chi connectivity index (χ1v) is 3.87. The van der Waals surface area contributed by atoms with Crippen molar-refractivity contribution < 1.29 is 4.79 Å². The van der Waals surface area contributed by atoms with E-state index in [1.807, 2.05) is 19.1 Å². The molecule has 0 aromatic carbocycles. The fourth-order valence-electron chi connectivity index (χ4n) is 1.23. The molecule has 0 saturated carbocycles. The van der Waals surface area contributed by atoms with Crippen LogP contribution in [0, 0.1) is 0 Å². The molecule has 0 spiro atoms. The summed E-state index contributed by atoms with van der Waals surface area (Å²) in [6.07, 6.45) is 5.41. The van der Waals surface area contributed by atoms with Gasteiger partial charge in [-0.1, -0.05) is 12.7 Å². The van der Waals surface area contributed by atoms with Crippen molar-refractivity contribution >= 4 is 5.91 Å². The number of allylic oxidation sites excluding steroid dienone is 2. The number of carbonyl (C=O) groups excluding carboxylic acids is 1. The van der Waals surface area contributed by atoms with Gasteiger partial charge in [0.15, 0.2) is 0 Å². The van der Waals surface area contributed by atoms with E-state index < -0.39 is 0 Å². The van der Waals surface area contributed by atoms with Crippen LogP contribution < -0.4 is 0 Å². The van der Waals surface area contributed by atoms with Crippen molar-refractivity contribution in [2.24, 2.45) is 0 Å². The Morgan fingerprint density at radius 1 is 1.73 bits per heavy atom. The Bertz CT molecular complexity index is 206. The van der Waals surface area contributed by atoms with Crippen molar-refractivity contribution in [3.63, 3.8) is 0 Å². The highest BCUT2D eigenvalue weighted by Crippen LogP contribution is 2.15. The fourth-order valence-corrected chi connectivity index (χ4v) is 1.23. The van der Waals surface area contributed by atoms with Gasteiger partial charge in [-0.25, -0.2) is 0 Å². The third-order valence-electron chi connectivity index (χ3n) is 1.78. The van der Waals surface area contributed by atoms with Crippen LogP contribution in [0.3, 0.4) is 0 Å². The van der Waals surface area contributed by atoms with Gasteiger partial charge in [-0.05, 0) is 19.4 Å². The van der Waals surface area contributed by atoms with Crippen molar-refractivity contribution in [3.8, 4) is 0 Å². The van der Waals surface area contributed by atoms with Crippen LogP contribution in [-0.4, -0.2) is 17.4 Å². The van der Waals surface area contributed by atoms with Gasteiger partial charge >= 0.3 is 0 Å². The predicted octanol–water partition coefficient (Wildman–Crippen LogP) is 1.70. The normalized spacial score (nSPS) is 18.3. The van der Waals surface area contributed by atoms with Crippen molar-refractivity contribution in [2.45, 2.75) is 19.8 Å². The molecule has 2 heteroatoms. The number of likely N-dealkylation sites (tertiary alicyclic amines) is 1. The SMILES string of the molecule is C=C(/C=C\C)N1CCCC1=O. The summed E-state index contributed by atoms with van der Waals surface area (Å²) in [5.74, 6) is 0.202. The zero-order valence-electron chi connectivity index (χ0n) is 6.84. The quantitative estimate of drug-likeness (QED) is 0.550. The summed E-state index contributed by atoms with van der Waals surface area (Å²) in [6.45, 7) is 6.55. The van der Waals surface area contributed by atoms with Crippen LogP contribution >= 0.6 is 0 Å². The maximum atomic E-state index is 11.1. The molecule has 0 atom stereocenters. The van der Waals surface area contributed by atoms with Crippen LogP contribution in [0.2, 0.25) is 0 Å². The maximum Gasteiger partial charge on any atom is 0.227 e. The molecule has 1 saturated heterocycles. The lowest BCUT2D eigenvalue weighted by Crippen LogP contribution is -2.21. The Morgan fingerprint density at radius 3 is 2.91 bits per heavy atom. The molecule has 0 N–H and O–H groups in total. The zero-order valence-corrected chi connectivity index (χ0v) is 6.84. The van der Waals surface area contributed by atoms with Gasteiger partial charge in [0.1, 0.15) is 0 Å². The van der Waals surface area contributed by atoms with Gasteiger partial charge in [0.25, 0.3) is 0 Å². The van der Waals surface area contributed by atoms with E-state index >= 15 is 0 Å². The van der Waals surface area contributed by atoms with E-state index in [4.69, 9.17) is 0 Å². The van der Waals surface area contributed by atoms with Gasteiger partial charge in [-0.15, -0.1) is 0 Å². The molecule has 1 amide bonds. The van der Waals surface area contributed by atoms with Crippen molar-refractivity contribution in [1.29, 1.82) is 0 Å². The van der Waals surface area contributed by atoms with Crippen LogP contribution in [0.25, 0.3) is 0 Å². The average molecular weight is 151 g/mol. The summed E-state index contributed by atoms with van der Waals surface area (Å²) in [6, 6.07) is 0. The van der Waals surface area contributed by atoms with Gasteiger partial charge < -0.3 is 4.90 Å². The molecular formula is C9H13NO. The van der Waals surface area contributed by atoms with Gasteiger partial charge in [0.05, 0.1) is 0 Å². The van der Waals surface area contributed by atoms with Gasteiger partial charge in [0.2, 0.25) is 5.91 Å². The predicted molar refractivity (Wildman–Crippen MR) is 44.9 cm³/mol. The number of amides is 1. The van der Waals surface area contributed by atoms with Crippen molar-refractivity contribution in [2.75, 3.05) is 6.54 Å². The lowest BCUT2D eigenvalue weighted by molar-refractivity contribution is -0.125. The third-order valence-corrected chi connectivity index (χ3v) is 1.78. The maximum absolute atomic E-state index is 11.1. The number of carbonyl (C=O) groups is 1. The van der Waals surface area contributed by atoms with Gasteiger partial charge in [-0.3, -0.25) is 4.79 Å². The molecule has 1 heterocycles. The second kappa shape index (κ2) is 3.37. The molecular weight excluding hydrogens is 138 g/mol. The number of nitrogens with zero attached hydrogens (tertiary/aromatic N) is 1. The molecule has 60 valence electrons. The molecule has 0 aliphatic carbocycles. The highest BCUT2D eigenvalue weighted by molar-refractivity contribution is 5.80. The summed E-state index contributed by atoms with van der Waals surface area (Å²) in [5.41, 5.74) is 0.815. The van der Waals surface area contributed by atoms with E-state index in [2.05, 4.69) is 6.58 Å². The van der Waals surface area contributed by atoms with Crippen molar-refractivity contribution in [1.82, 2.24) is 4.90 Å². The van der Waals surface area contributed by atoms with E-state index in [9.17, 15) is 4.79 Å². The lowest BCUT2D eigenvalue weighted by Gasteiger charge is -2.14. The first-order valence-electron chi connectivity index (χ1n) is 3.87. The largest absolute Gasteiger partial charge is 0.313 e. The van der Waals surface area contributed by atoms with Crippen LogP contribution in [0.5, 0.6) is 0 Å². The Labute approximate surface area is 67.2 Å². The molecule has 0 aromatic rings. The van der Waals surface area contributed by atoms with Crippen molar-refractivity contribution in [3.05, 3.63) is 24.4 Å². The molecule has 0 radical (unpaired) electrons. The highest BCUT2D eigenvalue weighted by Gasteiger charge is 2.20. The van der Waals surface area contributed by atoms with E-state index in [0.717, 1.165) is 18.7 Å². The molecule has 1 aliphatic heterocycles. The Hall–Kier alpha value is -1.05. The first kappa shape index (κ1) is 8.05. The van der Waals surface area contributed by atoms with Crippen LogP contribution in [0.15, 0.2) is 24.4 Å². The van der Waals surface area contributed by atoms with Crippen LogP contribution in [-0.2, 0) is 4.79 Å². The highest BCUT2D eigenvalue weighted by atomic mass is 16.2. The Kier molecular flexibility index (Phi) is 2.47. The first-order chi connectivity index (χ1) is 5.25. The minimum atomic E-state index is 0.202. The molecule has 0 unspecified atom stereocenters. The monoisotopic (exact) mass is 151 g/mol. The standard InChI is InChI=1S/C9H13NO/c1-3-5-8(2)10-7-4-6-9(10)11/h3,5H,2,4,6-7H2,1H3/b5-3-. The third kappa shape index (κ3) is 1.70. The number of rotatable bonds is 2. The van der Waals surface area contributed by atoms with E-state index in [0.29, 0.717) is 6.42 Å². The minimum absolute atomic E-state index is 0.202. The van der Waals surface area contributed by atoms with Crippen LogP contribution in [0.4, 0.5) is 0 Å². The van der Waals surface area contributed by atoms with Crippen LogP contribution in [0.1, 0.15) is 19.8 Å². The van der Waals surface area contributed by atoms with Gasteiger partial charge in [-0.2, -0.15) is 0 Å². The summed E-state index contributed by atoms with van der Waals surface area (Å²) in [4.78, 5) is 12.9. The Morgan fingerprint density at radius 2 is 2.45 bits per heavy atom. The molecule has 11 heavy (non-hydrogen) atoms. The minimum Gasteiger partial charge on any atom is -0.313 e.